The van der Waals surface area contributed by atoms with Gasteiger partial charge in [0.1, 0.15) is 11.4 Å². The first-order chi connectivity index (χ1) is 32.3. The van der Waals surface area contributed by atoms with Crippen molar-refractivity contribution in [2.24, 2.45) is 0 Å². The standard InChI is InChI=1S/C61H42N4O/c1-61(2)56-26-16-15-25-54(56)55-28-27-45(38-57(55)66-61)46-29-40(39-62)30-51(33-46)58-63-59(52-34-47(41-17-7-3-8-18-41)31-48(35-52)42-19-9-4-10-20-42)65-60(64-58)53-36-49(43-21-11-5-12-22-43)32-50(37-53)44-23-13-6-14-24-44/h3-38H,1-2H3. The number of hydrogen-bond acceptors (Lipinski definition) is 5. The molecule has 11 rings (SSSR count). The molecule has 0 radical (unpaired) electrons. The first kappa shape index (κ1) is 40.1. The van der Waals surface area contributed by atoms with Crippen LogP contribution in [-0.4, -0.2) is 15.0 Å². The van der Waals surface area contributed by atoms with Crippen LogP contribution in [-0.2, 0) is 5.60 Å². The summed E-state index contributed by atoms with van der Waals surface area (Å²) in [7, 11) is 0. The van der Waals surface area contributed by atoms with Gasteiger partial charge in [0, 0.05) is 27.8 Å². The molecule has 9 aromatic carbocycles. The molecule has 0 atom stereocenters. The van der Waals surface area contributed by atoms with E-state index in [1.165, 1.54) is 0 Å². The molecule has 0 N–H and O–H groups in total. The Morgan fingerprint density at radius 3 is 1.15 bits per heavy atom. The van der Waals surface area contributed by atoms with Gasteiger partial charge in [0.25, 0.3) is 0 Å². The van der Waals surface area contributed by atoms with Crippen LogP contribution < -0.4 is 4.74 Å². The lowest BCUT2D eigenvalue weighted by Crippen LogP contribution is -2.29. The lowest BCUT2D eigenvalue weighted by atomic mass is 9.85. The molecule has 0 saturated heterocycles. The predicted molar refractivity (Wildman–Crippen MR) is 267 cm³/mol. The minimum atomic E-state index is -0.518. The molecule has 0 spiro atoms. The summed E-state index contributed by atoms with van der Waals surface area (Å²) >= 11 is 0. The fourth-order valence-corrected chi connectivity index (χ4v) is 9.04. The molecule has 2 heterocycles. The van der Waals surface area contributed by atoms with Gasteiger partial charge >= 0.3 is 0 Å². The molecule has 5 nitrogen and oxygen atoms in total. The van der Waals surface area contributed by atoms with Crippen LogP contribution in [0.2, 0.25) is 0 Å². The van der Waals surface area contributed by atoms with Crippen molar-refractivity contribution in [3.05, 3.63) is 230 Å². The van der Waals surface area contributed by atoms with Crippen LogP contribution in [0.5, 0.6) is 5.75 Å². The Bertz CT molecular complexity index is 3210. The fraction of sp³-hybridized carbons (Fsp3) is 0.0492. The van der Waals surface area contributed by atoms with Crippen molar-refractivity contribution in [2.75, 3.05) is 0 Å². The van der Waals surface area contributed by atoms with Gasteiger partial charge in [-0.3, -0.25) is 0 Å². The van der Waals surface area contributed by atoms with Crippen molar-refractivity contribution in [1.82, 2.24) is 15.0 Å². The van der Waals surface area contributed by atoms with E-state index >= 15 is 0 Å². The monoisotopic (exact) mass is 846 g/mol. The quantitative estimate of drug-likeness (QED) is 0.152. The molecule has 0 saturated carbocycles. The van der Waals surface area contributed by atoms with Crippen molar-refractivity contribution in [2.45, 2.75) is 19.4 Å². The average Bonchev–Trinajstić information content (AvgIpc) is 3.39. The van der Waals surface area contributed by atoms with Crippen LogP contribution in [0.4, 0.5) is 0 Å². The number of fused-ring (bicyclic) bond motifs is 3. The van der Waals surface area contributed by atoms with Crippen LogP contribution >= 0.6 is 0 Å². The van der Waals surface area contributed by atoms with Crippen LogP contribution in [0.25, 0.3) is 101 Å². The molecule has 0 fully saturated rings. The van der Waals surface area contributed by atoms with E-state index in [9.17, 15) is 5.26 Å². The third-order valence-electron chi connectivity index (χ3n) is 12.3. The fourth-order valence-electron chi connectivity index (χ4n) is 9.04. The van der Waals surface area contributed by atoms with E-state index < -0.39 is 5.60 Å². The molecule has 1 aliphatic rings. The van der Waals surface area contributed by atoms with Gasteiger partial charge in [-0.2, -0.15) is 5.26 Å². The van der Waals surface area contributed by atoms with E-state index in [4.69, 9.17) is 19.7 Å². The minimum Gasteiger partial charge on any atom is -0.482 e. The molecule has 0 amide bonds. The summed E-state index contributed by atoms with van der Waals surface area (Å²) in [6, 6.07) is 77.6. The zero-order valence-corrected chi connectivity index (χ0v) is 36.5. The van der Waals surface area contributed by atoms with Gasteiger partial charge in [0.2, 0.25) is 0 Å². The smallest absolute Gasteiger partial charge is 0.164 e. The molecule has 0 aliphatic carbocycles. The summed E-state index contributed by atoms with van der Waals surface area (Å²) in [6.45, 7) is 4.20. The third kappa shape index (κ3) is 7.82. The summed E-state index contributed by atoms with van der Waals surface area (Å²) in [5.74, 6) is 2.28. The molecule has 312 valence electrons. The minimum absolute atomic E-state index is 0.454. The number of ether oxygens (including phenoxy) is 1. The van der Waals surface area contributed by atoms with E-state index in [1.807, 2.05) is 36.4 Å². The number of benzene rings is 9. The van der Waals surface area contributed by atoms with E-state index in [-0.39, 0.29) is 0 Å². The topological polar surface area (TPSA) is 71.7 Å². The summed E-state index contributed by atoms with van der Waals surface area (Å²) in [6.07, 6.45) is 0. The molecule has 1 aliphatic heterocycles. The van der Waals surface area contributed by atoms with Gasteiger partial charge in [0.15, 0.2) is 17.5 Å². The number of nitrogens with zero attached hydrogens (tertiary/aromatic N) is 4. The Morgan fingerprint density at radius 1 is 0.348 bits per heavy atom. The maximum atomic E-state index is 10.5. The van der Waals surface area contributed by atoms with Crippen molar-refractivity contribution >= 4 is 0 Å². The second-order valence-electron chi connectivity index (χ2n) is 17.1. The summed E-state index contributed by atoms with van der Waals surface area (Å²) in [5.41, 5.74) is 16.0. The molecule has 66 heavy (non-hydrogen) atoms. The Morgan fingerprint density at radius 2 is 0.712 bits per heavy atom. The normalized spacial score (nSPS) is 12.3. The highest BCUT2D eigenvalue weighted by molar-refractivity contribution is 5.85. The van der Waals surface area contributed by atoms with Crippen molar-refractivity contribution < 1.29 is 4.74 Å². The van der Waals surface area contributed by atoms with E-state index in [0.29, 0.717) is 28.6 Å². The number of rotatable bonds is 8. The van der Waals surface area contributed by atoms with E-state index in [0.717, 1.165) is 89.2 Å². The molecule has 0 bridgehead atoms. The maximum Gasteiger partial charge on any atom is 0.164 e. The van der Waals surface area contributed by atoms with Crippen LogP contribution in [0.1, 0.15) is 25.0 Å². The van der Waals surface area contributed by atoms with Crippen molar-refractivity contribution in [3.63, 3.8) is 0 Å². The largest absolute Gasteiger partial charge is 0.482 e. The van der Waals surface area contributed by atoms with Gasteiger partial charge in [-0.1, -0.05) is 158 Å². The summed E-state index contributed by atoms with van der Waals surface area (Å²) < 4.78 is 6.68. The summed E-state index contributed by atoms with van der Waals surface area (Å²) in [4.78, 5) is 15.9. The number of nitriles is 1. The van der Waals surface area contributed by atoms with Gasteiger partial charge in [-0.25, -0.2) is 15.0 Å². The Kier molecular flexibility index (Phi) is 10.2. The van der Waals surface area contributed by atoms with Crippen LogP contribution in [0, 0.1) is 11.3 Å². The van der Waals surface area contributed by atoms with Crippen molar-refractivity contribution in [3.8, 4) is 113 Å². The molecule has 1 aromatic heterocycles. The average molecular weight is 847 g/mol. The van der Waals surface area contributed by atoms with Gasteiger partial charge < -0.3 is 4.74 Å². The lowest BCUT2D eigenvalue weighted by molar-refractivity contribution is 0.106. The van der Waals surface area contributed by atoms with Gasteiger partial charge in [0.05, 0.1) is 11.6 Å². The molecule has 0 unspecified atom stereocenters. The highest BCUT2D eigenvalue weighted by Crippen LogP contribution is 2.47. The second kappa shape index (κ2) is 16.8. The summed E-state index contributed by atoms with van der Waals surface area (Å²) in [5, 5.41) is 10.5. The van der Waals surface area contributed by atoms with E-state index in [2.05, 4.69) is 202 Å². The van der Waals surface area contributed by atoms with Gasteiger partial charge in [-0.05, 0) is 136 Å². The zero-order valence-electron chi connectivity index (χ0n) is 36.5. The molecular formula is C61H42N4O. The Balaban J connectivity index is 1.13. The third-order valence-corrected chi connectivity index (χ3v) is 12.3. The van der Waals surface area contributed by atoms with Crippen LogP contribution in [0.15, 0.2) is 218 Å². The SMILES string of the molecule is CC1(C)Oc2cc(-c3cc(C#N)cc(-c4nc(-c5cc(-c6ccccc6)cc(-c6ccccc6)c5)nc(-c5cc(-c6ccccc6)cc(-c6ccccc6)c5)n4)c3)ccc2-c2ccccc21. The highest BCUT2D eigenvalue weighted by atomic mass is 16.5. The number of aromatic nitrogens is 3. The van der Waals surface area contributed by atoms with Gasteiger partial charge in [-0.15, -0.1) is 0 Å². The Hall–Kier alpha value is -8.72. The highest BCUT2D eigenvalue weighted by Gasteiger charge is 2.32. The second-order valence-corrected chi connectivity index (χ2v) is 17.1. The first-order valence-corrected chi connectivity index (χ1v) is 22.1. The van der Waals surface area contributed by atoms with Crippen LogP contribution in [0.3, 0.4) is 0 Å². The number of hydrogen-bond donors (Lipinski definition) is 0. The maximum absolute atomic E-state index is 10.5. The Labute approximate surface area is 385 Å². The molecule has 10 aromatic rings. The lowest BCUT2D eigenvalue weighted by Gasteiger charge is -2.35. The molecule has 5 heteroatoms. The molecular weight excluding hydrogens is 805 g/mol. The predicted octanol–water partition coefficient (Wildman–Crippen LogP) is 15.4. The zero-order chi connectivity index (χ0) is 44.6. The van der Waals surface area contributed by atoms with E-state index in [1.54, 1.807) is 0 Å². The van der Waals surface area contributed by atoms with Crippen molar-refractivity contribution in [1.29, 1.82) is 5.26 Å². The first-order valence-electron chi connectivity index (χ1n) is 22.1.